The van der Waals surface area contributed by atoms with Crippen molar-refractivity contribution >= 4 is 34.0 Å². The van der Waals surface area contributed by atoms with Crippen LogP contribution in [0.2, 0.25) is 0 Å². The van der Waals surface area contributed by atoms with Crippen molar-refractivity contribution in [2.75, 3.05) is 0 Å². The summed E-state index contributed by atoms with van der Waals surface area (Å²) in [6.45, 7) is 16.5. The van der Waals surface area contributed by atoms with Gasteiger partial charge in [-0.25, -0.2) is 0 Å². The van der Waals surface area contributed by atoms with Crippen LogP contribution in [0.1, 0.15) is 91.6 Å². The molecule has 0 fully saturated rings. The monoisotopic (exact) mass is 859 g/mol. The van der Waals surface area contributed by atoms with Gasteiger partial charge in [0.25, 0.3) is 0 Å². The van der Waals surface area contributed by atoms with E-state index in [-0.39, 0.29) is 16.2 Å². The largest absolute Gasteiger partial charge is 0.309 e. The summed E-state index contributed by atoms with van der Waals surface area (Å²) in [6, 6.07) is 68.9. The molecule has 1 aromatic heterocycles. The number of hydrogen-bond acceptors (Lipinski definition) is 0. The van der Waals surface area contributed by atoms with Crippen molar-refractivity contribution in [3.63, 3.8) is 0 Å². The van der Waals surface area contributed by atoms with Crippen LogP contribution in [0.15, 0.2) is 182 Å². The third kappa shape index (κ3) is 5.80. The number of aromatic nitrogens is 1. The Morgan fingerprint density at radius 1 is 0.328 bits per heavy atom. The fraction of sp³-hybridized carbons (Fsp3) is 0.152. The zero-order chi connectivity index (χ0) is 45.6. The molecule has 0 saturated carbocycles. The number of fused-ring (bicyclic) bond motifs is 12. The van der Waals surface area contributed by atoms with Crippen molar-refractivity contribution in [2.24, 2.45) is 0 Å². The van der Waals surface area contributed by atoms with Gasteiger partial charge < -0.3 is 4.57 Å². The van der Waals surface area contributed by atoms with Crippen LogP contribution >= 0.6 is 0 Å². The standard InChI is InChI=1S/C66H53N/c1-40-16-30-50-53-38-61-54(39-60(53)65(4,5)57(50)34-40)51-31-27-46(36-58(51)66(61,6)7)44-25-21-42(22-26-44)18-17-41-19-23-43(24-20-41)45-28-33-63-55(35-45)52-13-9-11-15-62(52)67(63)47-29-32-49-48-12-8-10-14-56(48)64(2,3)59(49)37-47/h8-39H,1-7H3. The molecule has 0 N–H and O–H groups in total. The number of aryl methyl sites for hydroxylation is 1. The van der Waals surface area contributed by atoms with E-state index in [2.05, 4.69) is 247 Å². The van der Waals surface area contributed by atoms with Gasteiger partial charge in [0.15, 0.2) is 0 Å². The van der Waals surface area contributed by atoms with Gasteiger partial charge in [0.2, 0.25) is 0 Å². The van der Waals surface area contributed by atoms with Crippen LogP contribution in [0.4, 0.5) is 0 Å². The molecule has 1 heterocycles. The Labute approximate surface area is 394 Å². The molecule has 13 rings (SSSR count). The van der Waals surface area contributed by atoms with Crippen LogP contribution < -0.4 is 0 Å². The third-order valence-corrected chi connectivity index (χ3v) is 16.1. The second kappa shape index (κ2) is 14.0. The van der Waals surface area contributed by atoms with Gasteiger partial charge in [-0.15, -0.1) is 0 Å². The molecule has 1 nitrogen and oxygen atoms in total. The number of nitrogens with zero attached hydrogens (tertiary/aromatic N) is 1. The maximum atomic E-state index is 2.51. The van der Waals surface area contributed by atoms with E-state index >= 15 is 0 Å². The molecule has 0 aliphatic heterocycles. The molecule has 10 aromatic rings. The number of para-hydroxylation sites is 1. The number of benzene rings is 9. The molecule has 0 spiro atoms. The zero-order valence-electron chi connectivity index (χ0n) is 39.4. The lowest BCUT2D eigenvalue weighted by Gasteiger charge is -2.24. The summed E-state index contributed by atoms with van der Waals surface area (Å²) in [5, 5.41) is 2.54. The Bertz CT molecular complexity index is 3750. The molecular formula is C66H53N. The molecule has 1 heteroatoms. The third-order valence-electron chi connectivity index (χ3n) is 16.1. The highest BCUT2D eigenvalue weighted by atomic mass is 15.0. The van der Waals surface area contributed by atoms with E-state index in [0.29, 0.717) is 0 Å². The van der Waals surface area contributed by atoms with Crippen molar-refractivity contribution < 1.29 is 0 Å². The summed E-state index contributed by atoms with van der Waals surface area (Å²) in [6.07, 6.45) is 4.44. The first-order chi connectivity index (χ1) is 32.4. The van der Waals surface area contributed by atoms with E-state index in [1.807, 2.05) is 0 Å². The molecule has 0 saturated heterocycles. The minimum atomic E-state index is -0.0896. The van der Waals surface area contributed by atoms with Crippen molar-refractivity contribution in [1.82, 2.24) is 4.57 Å². The Kier molecular flexibility index (Phi) is 8.34. The molecule has 3 aliphatic rings. The van der Waals surface area contributed by atoms with Gasteiger partial charge in [0.05, 0.1) is 11.0 Å². The van der Waals surface area contributed by atoms with Gasteiger partial charge >= 0.3 is 0 Å². The van der Waals surface area contributed by atoms with E-state index in [4.69, 9.17) is 0 Å². The van der Waals surface area contributed by atoms with Crippen LogP contribution in [0.3, 0.4) is 0 Å². The van der Waals surface area contributed by atoms with Gasteiger partial charge in [-0.2, -0.15) is 0 Å². The van der Waals surface area contributed by atoms with E-state index in [1.54, 1.807) is 0 Å². The molecule has 0 atom stereocenters. The van der Waals surface area contributed by atoms with Gasteiger partial charge in [0.1, 0.15) is 0 Å². The molecule has 0 bridgehead atoms. The summed E-state index contributed by atoms with van der Waals surface area (Å²) in [5.41, 5.74) is 28.9. The SMILES string of the molecule is Cc1ccc2c(c1)C(C)(C)c1cc3c(cc1-2)C(C)(C)c1cc(-c2ccc(C=Cc4ccc(-c5ccc6c(c5)c5ccccc5n6-c5ccc6c(c5)C(C)(C)c5ccccc5-6)cc4)cc2)ccc1-3. The number of hydrogen-bond donors (Lipinski definition) is 0. The van der Waals surface area contributed by atoms with Crippen LogP contribution in [-0.2, 0) is 16.2 Å². The molecular weight excluding hydrogens is 807 g/mol. The van der Waals surface area contributed by atoms with Crippen molar-refractivity contribution in [3.8, 4) is 61.3 Å². The van der Waals surface area contributed by atoms with Crippen molar-refractivity contribution in [3.05, 3.63) is 232 Å². The minimum Gasteiger partial charge on any atom is -0.309 e. The molecule has 9 aromatic carbocycles. The van der Waals surface area contributed by atoms with E-state index in [0.717, 1.165) is 0 Å². The lowest BCUT2D eigenvalue weighted by Crippen LogP contribution is -2.17. The maximum Gasteiger partial charge on any atom is 0.0541 e. The fourth-order valence-corrected chi connectivity index (χ4v) is 12.3. The van der Waals surface area contributed by atoms with Gasteiger partial charge in [-0.3, -0.25) is 0 Å². The van der Waals surface area contributed by atoms with E-state index < -0.39 is 0 Å². The summed E-state index contributed by atoms with van der Waals surface area (Å²) in [4.78, 5) is 0. The predicted molar refractivity (Wildman–Crippen MR) is 284 cm³/mol. The Hall–Kier alpha value is -7.48. The minimum absolute atomic E-state index is 0.0183. The molecule has 0 amide bonds. The molecule has 3 aliphatic carbocycles. The predicted octanol–water partition coefficient (Wildman–Crippen LogP) is 17.5. The Morgan fingerprint density at radius 2 is 0.791 bits per heavy atom. The van der Waals surface area contributed by atoms with Crippen LogP contribution in [0.5, 0.6) is 0 Å². The van der Waals surface area contributed by atoms with Crippen LogP contribution in [0.25, 0.3) is 95.3 Å². The quantitative estimate of drug-likeness (QED) is 0.152. The average Bonchev–Trinajstić information content (AvgIpc) is 3.95. The summed E-state index contributed by atoms with van der Waals surface area (Å²) in [7, 11) is 0. The summed E-state index contributed by atoms with van der Waals surface area (Å²) >= 11 is 0. The zero-order valence-corrected chi connectivity index (χ0v) is 39.4. The molecule has 322 valence electrons. The van der Waals surface area contributed by atoms with Gasteiger partial charge in [-0.1, -0.05) is 193 Å². The normalized spacial score (nSPS) is 15.4. The highest BCUT2D eigenvalue weighted by molar-refractivity contribution is 6.10. The Balaban J connectivity index is 0.748. The van der Waals surface area contributed by atoms with Gasteiger partial charge in [0, 0.05) is 32.7 Å². The molecule has 0 radical (unpaired) electrons. The highest BCUT2D eigenvalue weighted by Gasteiger charge is 2.42. The van der Waals surface area contributed by atoms with E-state index in [9.17, 15) is 0 Å². The Morgan fingerprint density at radius 3 is 1.48 bits per heavy atom. The summed E-state index contributed by atoms with van der Waals surface area (Å²) in [5.74, 6) is 0. The lowest BCUT2D eigenvalue weighted by molar-refractivity contribution is 0.652. The second-order valence-electron chi connectivity index (χ2n) is 21.1. The maximum absolute atomic E-state index is 2.51. The van der Waals surface area contributed by atoms with Crippen molar-refractivity contribution in [2.45, 2.75) is 64.7 Å². The van der Waals surface area contributed by atoms with Gasteiger partial charge in [-0.05, 0) is 156 Å². The van der Waals surface area contributed by atoms with E-state index in [1.165, 1.54) is 133 Å². The second-order valence-corrected chi connectivity index (χ2v) is 21.1. The topological polar surface area (TPSA) is 4.93 Å². The number of rotatable bonds is 5. The van der Waals surface area contributed by atoms with Crippen LogP contribution in [-0.4, -0.2) is 4.57 Å². The van der Waals surface area contributed by atoms with Crippen molar-refractivity contribution in [1.29, 1.82) is 0 Å². The highest BCUT2D eigenvalue weighted by Crippen LogP contribution is 2.57. The van der Waals surface area contributed by atoms with Crippen LogP contribution in [0, 0.1) is 6.92 Å². The first-order valence-electron chi connectivity index (χ1n) is 24.0. The summed E-state index contributed by atoms with van der Waals surface area (Å²) < 4.78 is 2.45. The average molecular weight is 860 g/mol. The smallest absolute Gasteiger partial charge is 0.0541 e. The fourth-order valence-electron chi connectivity index (χ4n) is 12.3. The first kappa shape index (κ1) is 39.8. The molecule has 67 heavy (non-hydrogen) atoms. The molecule has 0 unspecified atom stereocenters. The lowest BCUT2D eigenvalue weighted by atomic mass is 9.79. The first-order valence-corrected chi connectivity index (χ1v) is 24.0.